The molecule has 4 aliphatic carbocycles. The molecule has 1 aromatic rings. The molecule has 0 unspecified atom stereocenters. The van der Waals surface area contributed by atoms with Gasteiger partial charge in [-0.2, -0.15) is 0 Å². The fourth-order valence-electron chi connectivity index (χ4n) is 9.68. The smallest absolute Gasteiger partial charge is 0.246 e. The quantitative estimate of drug-likeness (QED) is 0.600. The van der Waals surface area contributed by atoms with Crippen molar-refractivity contribution in [2.75, 3.05) is 33.3 Å². The highest BCUT2D eigenvalue weighted by Crippen LogP contribution is 2.73. The number of hydrogen-bond donors (Lipinski definition) is 1. The molecule has 1 N–H and O–H groups in total. The fourth-order valence-corrected chi connectivity index (χ4v) is 9.68. The summed E-state index contributed by atoms with van der Waals surface area (Å²) >= 11 is 0. The molecule has 5 atom stereocenters. The van der Waals surface area contributed by atoms with Crippen molar-refractivity contribution in [2.45, 2.75) is 100 Å². The second-order valence-electron chi connectivity index (χ2n) is 13.5. The zero-order valence-electron chi connectivity index (χ0n) is 22.8. The molecule has 2 bridgehead atoms. The second kappa shape index (κ2) is 8.23. The Morgan fingerprint density at radius 1 is 1.11 bits per heavy atom. The van der Waals surface area contributed by atoms with Crippen LogP contribution in [0.1, 0.15) is 81.8 Å². The Labute approximate surface area is 226 Å². The second-order valence-corrected chi connectivity index (χ2v) is 13.5. The first-order valence-electron chi connectivity index (χ1n) is 15.3. The number of hydrogen-bond acceptors (Lipinski definition) is 5. The van der Waals surface area contributed by atoms with E-state index < -0.39 is 11.0 Å². The number of rotatable bonds is 4. The van der Waals surface area contributed by atoms with Crippen molar-refractivity contribution in [3.63, 3.8) is 0 Å². The van der Waals surface area contributed by atoms with Crippen LogP contribution >= 0.6 is 0 Å². The van der Waals surface area contributed by atoms with Crippen LogP contribution in [0.4, 0.5) is 0 Å². The van der Waals surface area contributed by atoms with Gasteiger partial charge in [0.25, 0.3) is 0 Å². The molecule has 3 aliphatic heterocycles. The number of fused-ring (bicyclic) bond motifs is 1. The zero-order chi connectivity index (χ0) is 25.7. The average molecular weight is 519 g/mol. The lowest BCUT2D eigenvalue weighted by Gasteiger charge is -2.68. The number of amides is 1. The zero-order valence-corrected chi connectivity index (χ0v) is 22.8. The van der Waals surface area contributed by atoms with E-state index in [0.29, 0.717) is 0 Å². The lowest BCUT2D eigenvalue weighted by molar-refractivity contribution is -0.218. The summed E-state index contributed by atoms with van der Waals surface area (Å²) in [7, 11) is 1.72. The minimum absolute atomic E-state index is 0.137. The largest absolute Gasteiger partial charge is 0.493 e. The first-order chi connectivity index (χ1) is 18.5. The van der Waals surface area contributed by atoms with Crippen LogP contribution in [0.2, 0.25) is 0 Å². The number of ether oxygens (including phenoxy) is 2. The number of likely N-dealkylation sites (tertiary alicyclic amines) is 2. The van der Waals surface area contributed by atoms with E-state index in [1.807, 2.05) is 6.08 Å². The van der Waals surface area contributed by atoms with Crippen molar-refractivity contribution in [2.24, 2.45) is 11.3 Å². The minimum Gasteiger partial charge on any atom is -0.493 e. The van der Waals surface area contributed by atoms with Gasteiger partial charge in [0.1, 0.15) is 6.10 Å². The predicted octanol–water partition coefficient (Wildman–Crippen LogP) is 4.37. The first kappa shape index (κ1) is 23.8. The molecule has 3 saturated carbocycles. The van der Waals surface area contributed by atoms with Gasteiger partial charge in [-0.05, 0) is 88.3 Å². The number of aliphatic hydroxyl groups is 1. The van der Waals surface area contributed by atoms with Crippen LogP contribution < -0.4 is 9.47 Å². The van der Waals surface area contributed by atoms with Crippen LogP contribution in [0.25, 0.3) is 0 Å². The normalized spacial score (nSPS) is 40.4. The van der Waals surface area contributed by atoms with Gasteiger partial charge in [-0.3, -0.25) is 9.69 Å². The van der Waals surface area contributed by atoms with Gasteiger partial charge in [0.2, 0.25) is 5.91 Å². The molecule has 1 amide bonds. The standard InChI is InChI=1S/C32H42N2O4/c1-37-24-9-8-22-18-25-32(36)13-12-30(11-10-23(30)19-26(35)33-15-4-2-3-5-16-33)29-31(32,27(22)28(24)38-29)14-17-34(25)20-21-6-7-21/h8-9,19,21,25,29,36H,2-7,10-18,20H2,1H3/b23-19+/t25-,29-,30-,31-,32+/m0/s1. The van der Waals surface area contributed by atoms with Crippen LogP contribution in [0.5, 0.6) is 11.5 Å². The van der Waals surface area contributed by atoms with Crippen LogP contribution in [0, 0.1) is 11.3 Å². The van der Waals surface area contributed by atoms with Crippen molar-refractivity contribution in [1.29, 1.82) is 0 Å². The van der Waals surface area contributed by atoms with Crippen LogP contribution in [-0.2, 0) is 16.6 Å². The number of nitrogens with zero attached hydrogens (tertiary/aromatic N) is 2. The summed E-state index contributed by atoms with van der Waals surface area (Å²) in [5.74, 6) is 2.65. The molecule has 204 valence electrons. The van der Waals surface area contributed by atoms with Gasteiger partial charge >= 0.3 is 0 Å². The van der Waals surface area contributed by atoms with E-state index in [1.54, 1.807) is 7.11 Å². The number of methoxy groups -OCH3 is 1. The molecule has 38 heavy (non-hydrogen) atoms. The van der Waals surface area contributed by atoms with E-state index in [-0.39, 0.29) is 23.5 Å². The van der Waals surface area contributed by atoms with Gasteiger partial charge in [0.05, 0.1) is 18.1 Å². The van der Waals surface area contributed by atoms with E-state index in [0.717, 1.165) is 95.0 Å². The van der Waals surface area contributed by atoms with E-state index in [2.05, 4.69) is 21.9 Å². The summed E-state index contributed by atoms with van der Waals surface area (Å²) < 4.78 is 12.9. The third-order valence-corrected chi connectivity index (χ3v) is 11.9. The Morgan fingerprint density at radius 2 is 1.92 bits per heavy atom. The monoisotopic (exact) mass is 518 g/mol. The van der Waals surface area contributed by atoms with Crippen LogP contribution in [-0.4, -0.2) is 71.8 Å². The average Bonchev–Trinajstić information content (AvgIpc) is 3.70. The maximum atomic E-state index is 13.5. The van der Waals surface area contributed by atoms with Crippen molar-refractivity contribution >= 4 is 5.91 Å². The predicted molar refractivity (Wildman–Crippen MR) is 144 cm³/mol. The Bertz CT molecular complexity index is 1200. The molecule has 3 heterocycles. The Morgan fingerprint density at radius 3 is 2.63 bits per heavy atom. The van der Waals surface area contributed by atoms with Gasteiger partial charge in [-0.1, -0.05) is 24.5 Å². The Balaban J connectivity index is 1.22. The summed E-state index contributed by atoms with van der Waals surface area (Å²) in [6.45, 7) is 3.89. The molecule has 6 nitrogen and oxygen atoms in total. The summed E-state index contributed by atoms with van der Waals surface area (Å²) in [5, 5.41) is 12.9. The molecule has 2 spiro atoms. The van der Waals surface area contributed by atoms with E-state index in [1.165, 1.54) is 42.4 Å². The van der Waals surface area contributed by atoms with Crippen molar-refractivity contribution in [3.05, 3.63) is 34.9 Å². The van der Waals surface area contributed by atoms with Gasteiger partial charge in [0.15, 0.2) is 11.5 Å². The summed E-state index contributed by atoms with van der Waals surface area (Å²) in [6.07, 6.45) is 14.7. The summed E-state index contributed by atoms with van der Waals surface area (Å²) in [5.41, 5.74) is 2.42. The molecule has 7 aliphatic rings. The molecule has 2 saturated heterocycles. The lowest BCUT2D eigenvalue weighted by atomic mass is 9.40. The van der Waals surface area contributed by atoms with Crippen LogP contribution in [0.3, 0.4) is 0 Å². The highest BCUT2D eigenvalue weighted by molar-refractivity contribution is 5.89. The number of piperidine rings is 1. The van der Waals surface area contributed by atoms with E-state index in [4.69, 9.17) is 9.47 Å². The minimum atomic E-state index is -0.809. The van der Waals surface area contributed by atoms with Gasteiger partial charge in [0, 0.05) is 42.7 Å². The third kappa shape index (κ3) is 2.99. The maximum absolute atomic E-state index is 13.5. The highest BCUT2D eigenvalue weighted by atomic mass is 16.5. The Hall–Kier alpha value is -2.05. The van der Waals surface area contributed by atoms with Crippen molar-refractivity contribution in [1.82, 2.24) is 9.80 Å². The molecule has 5 fully saturated rings. The summed E-state index contributed by atoms with van der Waals surface area (Å²) in [4.78, 5) is 18.2. The molecule has 8 rings (SSSR count). The van der Waals surface area contributed by atoms with Crippen molar-refractivity contribution < 1.29 is 19.4 Å². The summed E-state index contributed by atoms with van der Waals surface area (Å²) in [6, 6.07) is 4.44. The van der Waals surface area contributed by atoms with Crippen LogP contribution in [0.15, 0.2) is 23.8 Å². The number of carbonyl (C=O) groups excluding carboxylic acids is 1. The number of benzene rings is 1. The Kier molecular flexibility index (Phi) is 5.16. The fraction of sp³-hybridized carbons (Fsp3) is 0.719. The SMILES string of the molecule is COc1ccc2c3c1O[C@H]1[C@@]4(CC/C4=C\C(=O)N4CCCCCC4)CC[C@@]4(O)[C@H](C2)N(CC2CC2)CC[C@]314. The lowest BCUT2D eigenvalue weighted by Crippen LogP contribution is -2.78. The molecule has 0 radical (unpaired) electrons. The molecule has 6 heteroatoms. The first-order valence-corrected chi connectivity index (χ1v) is 15.3. The maximum Gasteiger partial charge on any atom is 0.246 e. The molecule has 0 aromatic heterocycles. The topological polar surface area (TPSA) is 62.2 Å². The third-order valence-electron chi connectivity index (χ3n) is 11.9. The van der Waals surface area contributed by atoms with Gasteiger partial charge in [-0.15, -0.1) is 0 Å². The van der Waals surface area contributed by atoms with Gasteiger partial charge in [-0.25, -0.2) is 0 Å². The molecular formula is C32H42N2O4. The molecule has 1 aromatic carbocycles. The van der Waals surface area contributed by atoms with E-state index >= 15 is 0 Å². The highest BCUT2D eigenvalue weighted by Gasteiger charge is 2.77. The number of carbonyl (C=O) groups is 1. The van der Waals surface area contributed by atoms with E-state index in [9.17, 15) is 9.90 Å². The van der Waals surface area contributed by atoms with Crippen molar-refractivity contribution in [3.8, 4) is 11.5 Å². The van der Waals surface area contributed by atoms with Gasteiger partial charge < -0.3 is 19.5 Å². The molecular weight excluding hydrogens is 476 g/mol.